The Morgan fingerprint density at radius 1 is 1.10 bits per heavy atom. The fourth-order valence-electron chi connectivity index (χ4n) is 3.30. The predicted molar refractivity (Wildman–Crippen MR) is 118 cm³/mol. The van der Waals surface area contributed by atoms with Gasteiger partial charge in [-0.2, -0.15) is 0 Å². The van der Waals surface area contributed by atoms with E-state index in [4.69, 9.17) is 23.2 Å². The summed E-state index contributed by atoms with van der Waals surface area (Å²) in [5, 5.41) is 1.37. The second-order valence-electron chi connectivity index (χ2n) is 6.99. The van der Waals surface area contributed by atoms with E-state index in [-0.39, 0.29) is 23.4 Å². The molecule has 1 unspecified atom stereocenters. The lowest BCUT2D eigenvalue weighted by molar-refractivity contribution is -0.140. The molecule has 0 aromatic heterocycles. The van der Waals surface area contributed by atoms with E-state index >= 15 is 0 Å². The van der Waals surface area contributed by atoms with Gasteiger partial charge in [0.2, 0.25) is 11.8 Å². The Balaban J connectivity index is 1.86. The van der Waals surface area contributed by atoms with E-state index in [1.165, 1.54) is 18.2 Å². The first-order chi connectivity index (χ1) is 14.8. The SMILES string of the molecule is CCC(=O)N(NC(=O)c1ccc(Cl)cc1Cl)C1CC(=O)N(c2ccc(CC)cc2)C1=O. The van der Waals surface area contributed by atoms with Crippen LogP contribution in [0.3, 0.4) is 0 Å². The van der Waals surface area contributed by atoms with Gasteiger partial charge in [0, 0.05) is 11.4 Å². The summed E-state index contributed by atoms with van der Waals surface area (Å²) in [7, 11) is 0. The van der Waals surface area contributed by atoms with Crippen molar-refractivity contribution >= 4 is 52.5 Å². The van der Waals surface area contributed by atoms with Gasteiger partial charge in [0.15, 0.2) is 0 Å². The van der Waals surface area contributed by atoms with Crippen LogP contribution < -0.4 is 10.3 Å². The summed E-state index contributed by atoms with van der Waals surface area (Å²) < 4.78 is 0. The molecule has 0 saturated carbocycles. The highest BCUT2D eigenvalue weighted by Crippen LogP contribution is 2.27. The van der Waals surface area contributed by atoms with Crippen LogP contribution in [0.1, 0.15) is 42.6 Å². The average Bonchev–Trinajstić information content (AvgIpc) is 3.05. The highest BCUT2D eigenvalue weighted by Gasteiger charge is 2.45. The number of carbonyl (C=O) groups excluding carboxylic acids is 4. The first-order valence-corrected chi connectivity index (χ1v) is 10.6. The molecule has 0 spiro atoms. The third kappa shape index (κ3) is 4.73. The molecule has 3 rings (SSSR count). The molecule has 2 aromatic rings. The van der Waals surface area contributed by atoms with Gasteiger partial charge in [0.05, 0.1) is 22.7 Å². The second-order valence-corrected chi connectivity index (χ2v) is 7.83. The second kappa shape index (κ2) is 9.49. The summed E-state index contributed by atoms with van der Waals surface area (Å²) in [6.07, 6.45) is 0.607. The van der Waals surface area contributed by atoms with E-state index < -0.39 is 29.7 Å². The van der Waals surface area contributed by atoms with E-state index in [2.05, 4.69) is 5.43 Å². The Hall–Kier alpha value is -2.90. The van der Waals surface area contributed by atoms with Crippen LogP contribution in [0, 0.1) is 0 Å². The number of hydrazine groups is 1. The van der Waals surface area contributed by atoms with Crippen molar-refractivity contribution in [2.45, 2.75) is 39.2 Å². The molecule has 1 atom stereocenters. The lowest BCUT2D eigenvalue weighted by Gasteiger charge is -2.27. The predicted octanol–water partition coefficient (Wildman–Crippen LogP) is 3.77. The number of benzene rings is 2. The number of hydrogen-bond acceptors (Lipinski definition) is 4. The zero-order valence-corrected chi connectivity index (χ0v) is 18.5. The first-order valence-electron chi connectivity index (χ1n) is 9.80. The van der Waals surface area contributed by atoms with E-state index in [1.54, 1.807) is 19.1 Å². The smallest absolute Gasteiger partial charge is 0.271 e. The number of hydrogen-bond donors (Lipinski definition) is 1. The minimum Gasteiger partial charge on any atom is -0.274 e. The third-order valence-electron chi connectivity index (χ3n) is 5.01. The van der Waals surface area contributed by atoms with Gasteiger partial charge in [-0.1, -0.05) is 49.2 Å². The summed E-state index contributed by atoms with van der Waals surface area (Å²) in [6, 6.07) is 10.2. The van der Waals surface area contributed by atoms with E-state index in [0.717, 1.165) is 21.9 Å². The third-order valence-corrected chi connectivity index (χ3v) is 5.55. The minimum absolute atomic E-state index is 0.0256. The zero-order valence-electron chi connectivity index (χ0n) is 17.0. The van der Waals surface area contributed by atoms with Crippen molar-refractivity contribution in [3.8, 4) is 0 Å². The largest absolute Gasteiger partial charge is 0.274 e. The fraction of sp³-hybridized carbons (Fsp3) is 0.273. The van der Waals surface area contributed by atoms with E-state index in [0.29, 0.717) is 10.7 Å². The molecule has 1 fully saturated rings. The van der Waals surface area contributed by atoms with Crippen LogP contribution in [-0.4, -0.2) is 34.7 Å². The average molecular weight is 462 g/mol. The maximum atomic E-state index is 13.1. The Bertz CT molecular complexity index is 1040. The van der Waals surface area contributed by atoms with Crippen molar-refractivity contribution in [2.75, 3.05) is 4.90 Å². The highest BCUT2D eigenvalue weighted by molar-refractivity contribution is 6.36. The van der Waals surface area contributed by atoms with Gasteiger partial charge in [0.25, 0.3) is 11.8 Å². The normalized spacial score (nSPS) is 15.9. The Kier molecular flexibility index (Phi) is 6.97. The van der Waals surface area contributed by atoms with Gasteiger partial charge in [0.1, 0.15) is 6.04 Å². The number of amides is 4. The van der Waals surface area contributed by atoms with Crippen molar-refractivity contribution in [1.29, 1.82) is 0 Å². The van der Waals surface area contributed by atoms with E-state index in [9.17, 15) is 19.2 Å². The van der Waals surface area contributed by atoms with Crippen molar-refractivity contribution in [3.05, 3.63) is 63.6 Å². The fourth-order valence-corrected chi connectivity index (χ4v) is 3.79. The van der Waals surface area contributed by atoms with Crippen LogP contribution >= 0.6 is 23.2 Å². The Labute approximate surface area is 189 Å². The summed E-state index contributed by atoms with van der Waals surface area (Å²) >= 11 is 11.9. The van der Waals surface area contributed by atoms with Gasteiger partial charge in [-0.3, -0.25) is 24.6 Å². The van der Waals surface area contributed by atoms with Crippen molar-refractivity contribution in [2.24, 2.45) is 0 Å². The number of aryl methyl sites for hydroxylation is 1. The molecule has 1 heterocycles. The summed E-state index contributed by atoms with van der Waals surface area (Å²) in [4.78, 5) is 52.0. The Morgan fingerprint density at radius 2 is 1.77 bits per heavy atom. The molecule has 0 radical (unpaired) electrons. The van der Waals surface area contributed by atoms with Crippen molar-refractivity contribution in [1.82, 2.24) is 10.4 Å². The van der Waals surface area contributed by atoms with Crippen LogP contribution in [0.15, 0.2) is 42.5 Å². The van der Waals surface area contributed by atoms with Gasteiger partial charge >= 0.3 is 0 Å². The number of anilines is 1. The topological polar surface area (TPSA) is 86.8 Å². The minimum atomic E-state index is -1.15. The number of nitrogens with one attached hydrogen (secondary N) is 1. The summed E-state index contributed by atoms with van der Waals surface area (Å²) in [6.45, 7) is 3.60. The Morgan fingerprint density at radius 3 is 2.35 bits per heavy atom. The van der Waals surface area contributed by atoms with Gasteiger partial charge in [-0.05, 0) is 42.3 Å². The molecule has 2 aromatic carbocycles. The molecule has 4 amide bonds. The monoisotopic (exact) mass is 461 g/mol. The van der Waals surface area contributed by atoms with Crippen LogP contribution in [-0.2, 0) is 20.8 Å². The first kappa shape index (κ1) is 22.8. The van der Waals surface area contributed by atoms with Crippen LogP contribution in [0.5, 0.6) is 0 Å². The quantitative estimate of drug-likeness (QED) is 0.542. The molecule has 9 heteroatoms. The molecular weight excluding hydrogens is 441 g/mol. The van der Waals surface area contributed by atoms with Gasteiger partial charge in [-0.15, -0.1) is 0 Å². The molecule has 31 heavy (non-hydrogen) atoms. The molecule has 0 bridgehead atoms. The van der Waals surface area contributed by atoms with Crippen LogP contribution in [0.25, 0.3) is 0 Å². The van der Waals surface area contributed by atoms with Gasteiger partial charge in [-0.25, -0.2) is 9.91 Å². The van der Waals surface area contributed by atoms with Crippen LogP contribution in [0.2, 0.25) is 10.0 Å². The number of nitrogens with zero attached hydrogens (tertiary/aromatic N) is 2. The zero-order chi connectivity index (χ0) is 22.7. The highest BCUT2D eigenvalue weighted by atomic mass is 35.5. The number of halogens is 2. The summed E-state index contributed by atoms with van der Waals surface area (Å²) in [5.41, 5.74) is 4.02. The molecule has 1 aliphatic heterocycles. The molecular formula is C22H21Cl2N3O4. The van der Waals surface area contributed by atoms with Crippen LogP contribution in [0.4, 0.5) is 5.69 Å². The van der Waals surface area contributed by atoms with Crippen molar-refractivity contribution in [3.63, 3.8) is 0 Å². The molecule has 1 aliphatic rings. The summed E-state index contributed by atoms with van der Waals surface area (Å²) in [5.74, 6) is -2.23. The number of imide groups is 1. The standard InChI is InChI=1S/C22H21Cl2N3O4/c1-3-13-5-8-15(9-6-13)26-20(29)12-18(22(26)31)27(19(28)4-2)25-21(30)16-10-7-14(23)11-17(16)24/h5-11,18H,3-4,12H2,1-2H3,(H,25,30). The molecule has 1 N–H and O–H groups in total. The molecule has 1 saturated heterocycles. The molecule has 0 aliphatic carbocycles. The maximum Gasteiger partial charge on any atom is 0.271 e. The molecule has 7 nitrogen and oxygen atoms in total. The lowest BCUT2D eigenvalue weighted by Crippen LogP contribution is -2.54. The van der Waals surface area contributed by atoms with Crippen molar-refractivity contribution < 1.29 is 19.2 Å². The number of rotatable bonds is 5. The van der Waals surface area contributed by atoms with E-state index in [1.807, 2.05) is 19.1 Å². The lowest BCUT2D eigenvalue weighted by atomic mass is 10.1. The maximum absolute atomic E-state index is 13.1. The number of carbonyl (C=O) groups is 4. The van der Waals surface area contributed by atoms with Gasteiger partial charge < -0.3 is 0 Å². The molecule has 162 valence electrons.